The maximum atomic E-state index is 11.1. The number of hydrogen-bond donors (Lipinski definition) is 0. The minimum Gasteiger partial charge on any atom is -0.424 e. The van der Waals surface area contributed by atoms with E-state index in [9.17, 15) is 9.59 Å². The van der Waals surface area contributed by atoms with Crippen molar-refractivity contribution in [2.45, 2.75) is 26.1 Å². The summed E-state index contributed by atoms with van der Waals surface area (Å²) in [6.45, 7) is 3.04. The molecule has 1 fully saturated rings. The number of esters is 1. The Morgan fingerprint density at radius 2 is 2.36 bits per heavy atom. The molecule has 0 amide bonds. The van der Waals surface area contributed by atoms with Crippen LogP contribution in [0.3, 0.4) is 0 Å². The van der Waals surface area contributed by atoms with Crippen molar-refractivity contribution in [3.63, 3.8) is 0 Å². The Morgan fingerprint density at radius 1 is 1.73 bits per heavy atom. The Hall–Kier alpha value is -0.900. The lowest BCUT2D eigenvalue weighted by molar-refractivity contribution is -0.179. The van der Waals surface area contributed by atoms with E-state index in [2.05, 4.69) is 0 Å². The van der Waals surface area contributed by atoms with Crippen molar-refractivity contribution in [2.75, 3.05) is 6.61 Å². The predicted molar refractivity (Wildman–Crippen MR) is 35.7 cm³/mol. The van der Waals surface area contributed by atoms with E-state index in [1.165, 1.54) is 6.92 Å². The van der Waals surface area contributed by atoms with Gasteiger partial charge < -0.3 is 9.47 Å². The first kappa shape index (κ1) is 8.20. The molecule has 0 spiro atoms. The van der Waals surface area contributed by atoms with Gasteiger partial charge in [0.05, 0.1) is 0 Å². The molecule has 4 heteroatoms. The first-order valence-corrected chi connectivity index (χ1v) is 3.47. The maximum Gasteiger partial charge on any atom is 0.335 e. The summed E-state index contributed by atoms with van der Waals surface area (Å²) >= 11 is 0. The van der Waals surface area contributed by atoms with Crippen molar-refractivity contribution >= 4 is 11.8 Å². The summed E-state index contributed by atoms with van der Waals surface area (Å²) < 4.78 is 9.57. The molecule has 1 aliphatic heterocycles. The van der Waals surface area contributed by atoms with Crippen molar-refractivity contribution in [3.8, 4) is 0 Å². The van der Waals surface area contributed by atoms with E-state index in [-0.39, 0.29) is 12.4 Å². The van der Waals surface area contributed by atoms with Crippen LogP contribution in [-0.2, 0) is 19.1 Å². The van der Waals surface area contributed by atoms with Crippen LogP contribution in [0.25, 0.3) is 0 Å². The van der Waals surface area contributed by atoms with Crippen molar-refractivity contribution in [3.05, 3.63) is 0 Å². The van der Waals surface area contributed by atoms with Gasteiger partial charge in [-0.15, -0.1) is 0 Å². The standard InChI is InChI=1S/C7H10O4/c1-3-5(8)7(2)10-4-6(9)11-7/h3-4H2,1-2H3. The molecule has 1 heterocycles. The second-order valence-electron chi connectivity index (χ2n) is 2.49. The zero-order valence-electron chi connectivity index (χ0n) is 6.55. The van der Waals surface area contributed by atoms with Crippen LogP contribution in [-0.4, -0.2) is 24.1 Å². The molecule has 4 nitrogen and oxygen atoms in total. The van der Waals surface area contributed by atoms with Gasteiger partial charge in [-0.05, 0) is 0 Å². The summed E-state index contributed by atoms with van der Waals surface area (Å²) in [5.41, 5.74) is 0. The molecule has 0 aliphatic carbocycles. The molecule has 11 heavy (non-hydrogen) atoms. The van der Waals surface area contributed by atoms with E-state index in [0.29, 0.717) is 6.42 Å². The maximum absolute atomic E-state index is 11.1. The topological polar surface area (TPSA) is 52.6 Å². The Kier molecular flexibility index (Phi) is 1.95. The minimum absolute atomic E-state index is 0.123. The van der Waals surface area contributed by atoms with Gasteiger partial charge in [-0.1, -0.05) is 6.92 Å². The van der Waals surface area contributed by atoms with E-state index in [1.54, 1.807) is 6.92 Å². The molecule has 0 aromatic rings. The Labute approximate surface area is 64.5 Å². The highest BCUT2D eigenvalue weighted by Gasteiger charge is 2.42. The fourth-order valence-corrected chi connectivity index (χ4v) is 0.931. The second-order valence-corrected chi connectivity index (χ2v) is 2.49. The summed E-state index contributed by atoms with van der Waals surface area (Å²) in [5, 5.41) is 0. The van der Waals surface area contributed by atoms with Crippen LogP contribution in [0.5, 0.6) is 0 Å². The van der Waals surface area contributed by atoms with Crippen LogP contribution in [0.4, 0.5) is 0 Å². The van der Waals surface area contributed by atoms with Crippen LogP contribution < -0.4 is 0 Å². The van der Waals surface area contributed by atoms with Crippen molar-refractivity contribution in [2.24, 2.45) is 0 Å². The van der Waals surface area contributed by atoms with Gasteiger partial charge in [-0.25, -0.2) is 4.79 Å². The van der Waals surface area contributed by atoms with Crippen molar-refractivity contribution in [1.82, 2.24) is 0 Å². The Balaban J connectivity index is 2.69. The monoisotopic (exact) mass is 158 g/mol. The average Bonchev–Trinajstić information content (AvgIpc) is 2.31. The molecule has 0 bridgehead atoms. The van der Waals surface area contributed by atoms with Gasteiger partial charge in [0.1, 0.15) is 6.61 Å². The first-order valence-electron chi connectivity index (χ1n) is 3.47. The molecule has 1 atom stereocenters. The van der Waals surface area contributed by atoms with Crippen LogP contribution in [0.1, 0.15) is 20.3 Å². The van der Waals surface area contributed by atoms with Gasteiger partial charge in [0.2, 0.25) is 5.78 Å². The van der Waals surface area contributed by atoms with Crippen molar-refractivity contribution in [1.29, 1.82) is 0 Å². The predicted octanol–water partition coefficient (Wildman–Crippen LogP) is 0.255. The van der Waals surface area contributed by atoms with Gasteiger partial charge in [-0.2, -0.15) is 0 Å². The van der Waals surface area contributed by atoms with E-state index in [0.717, 1.165) is 0 Å². The van der Waals surface area contributed by atoms with Crippen LogP contribution in [0.15, 0.2) is 0 Å². The highest BCUT2D eigenvalue weighted by Crippen LogP contribution is 2.21. The first-order chi connectivity index (χ1) is 5.08. The molecule has 0 aromatic heterocycles. The van der Waals surface area contributed by atoms with Crippen molar-refractivity contribution < 1.29 is 19.1 Å². The number of cyclic esters (lactones) is 1. The van der Waals surface area contributed by atoms with Gasteiger partial charge in [-0.3, -0.25) is 4.79 Å². The van der Waals surface area contributed by atoms with Crippen LogP contribution in [0.2, 0.25) is 0 Å². The third kappa shape index (κ3) is 1.40. The summed E-state index contributed by atoms with van der Waals surface area (Å²) in [6.07, 6.45) is 0.309. The highest BCUT2D eigenvalue weighted by atomic mass is 16.8. The summed E-state index contributed by atoms with van der Waals surface area (Å²) in [6, 6.07) is 0. The zero-order chi connectivity index (χ0) is 8.48. The molecule has 0 N–H and O–H groups in total. The fraction of sp³-hybridized carbons (Fsp3) is 0.714. The molecular weight excluding hydrogens is 148 g/mol. The number of ether oxygens (including phenoxy) is 2. The molecule has 1 saturated heterocycles. The summed E-state index contributed by atoms with van der Waals surface area (Å²) in [7, 11) is 0. The normalized spacial score (nSPS) is 30.2. The van der Waals surface area contributed by atoms with Gasteiger partial charge in [0.25, 0.3) is 5.79 Å². The lowest BCUT2D eigenvalue weighted by Gasteiger charge is -2.18. The average molecular weight is 158 g/mol. The molecule has 1 aliphatic rings. The van der Waals surface area contributed by atoms with Crippen LogP contribution >= 0.6 is 0 Å². The zero-order valence-corrected chi connectivity index (χ0v) is 6.55. The van der Waals surface area contributed by atoms with Gasteiger partial charge >= 0.3 is 5.97 Å². The number of Topliss-reactive ketones (excluding diaryl/α,β-unsaturated/α-hetero) is 1. The second kappa shape index (κ2) is 2.62. The molecular formula is C7H10O4. The number of rotatable bonds is 2. The highest BCUT2D eigenvalue weighted by molar-refractivity contribution is 5.89. The number of hydrogen-bond acceptors (Lipinski definition) is 4. The van der Waals surface area contributed by atoms with E-state index in [4.69, 9.17) is 9.47 Å². The van der Waals surface area contributed by atoms with Gasteiger partial charge in [0.15, 0.2) is 0 Å². The fourth-order valence-electron chi connectivity index (χ4n) is 0.931. The van der Waals surface area contributed by atoms with E-state index in [1.807, 2.05) is 0 Å². The number of carbonyl (C=O) groups is 2. The SMILES string of the molecule is CCC(=O)C1(C)OCC(=O)O1. The smallest absolute Gasteiger partial charge is 0.335 e. The molecule has 0 aromatic carbocycles. The molecule has 0 saturated carbocycles. The third-order valence-electron chi connectivity index (χ3n) is 1.60. The van der Waals surface area contributed by atoms with Crippen LogP contribution in [0, 0.1) is 0 Å². The van der Waals surface area contributed by atoms with E-state index < -0.39 is 11.8 Å². The Morgan fingerprint density at radius 3 is 2.73 bits per heavy atom. The number of ketones is 1. The quantitative estimate of drug-likeness (QED) is 0.541. The largest absolute Gasteiger partial charge is 0.424 e. The van der Waals surface area contributed by atoms with Gasteiger partial charge in [0, 0.05) is 13.3 Å². The summed E-state index contributed by atoms with van der Waals surface area (Å²) in [5.74, 6) is -2.00. The minimum atomic E-state index is -1.31. The molecule has 0 radical (unpaired) electrons. The lowest BCUT2D eigenvalue weighted by atomic mass is 10.1. The van der Waals surface area contributed by atoms with E-state index >= 15 is 0 Å². The third-order valence-corrected chi connectivity index (χ3v) is 1.60. The summed E-state index contributed by atoms with van der Waals surface area (Å²) in [4.78, 5) is 21.7. The Bertz CT molecular complexity index is 199. The lowest BCUT2D eigenvalue weighted by Crippen LogP contribution is -2.36. The molecule has 1 rings (SSSR count). The number of carbonyl (C=O) groups excluding carboxylic acids is 2. The molecule has 1 unspecified atom stereocenters. The molecule has 62 valence electrons.